The molecule has 0 amide bonds. The maximum Gasteiger partial charge on any atom is 0.338 e. The van der Waals surface area contributed by atoms with Crippen molar-refractivity contribution in [2.45, 2.75) is 25.9 Å². The van der Waals surface area contributed by atoms with Crippen molar-refractivity contribution in [1.82, 2.24) is 4.98 Å². The topological polar surface area (TPSA) is 59.4 Å². The van der Waals surface area contributed by atoms with Crippen molar-refractivity contribution in [3.05, 3.63) is 94.9 Å². The van der Waals surface area contributed by atoms with Crippen molar-refractivity contribution in [3.8, 4) is 5.88 Å². The molecule has 0 fully saturated rings. The zero-order chi connectivity index (χ0) is 20.2. The molecule has 0 bridgehead atoms. The van der Waals surface area contributed by atoms with Crippen LogP contribution in [0.5, 0.6) is 5.88 Å². The highest BCUT2D eigenvalue weighted by Crippen LogP contribution is 2.42. The summed E-state index contributed by atoms with van der Waals surface area (Å²) in [6.45, 7) is 0.410. The number of carboxylic acid groups (broad SMARTS) is 1. The largest absolute Gasteiger partial charge is 0.478 e. The van der Waals surface area contributed by atoms with E-state index in [0.717, 1.165) is 47.1 Å². The highest BCUT2D eigenvalue weighted by Gasteiger charge is 2.22. The molecule has 5 heteroatoms. The number of allylic oxidation sites excluding steroid dienone is 2. The van der Waals surface area contributed by atoms with E-state index < -0.39 is 11.8 Å². The van der Waals surface area contributed by atoms with Gasteiger partial charge >= 0.3 is 5.97 Å². The molecule has 3 aromatic rings. The van der Waals surface area contributed by atoms with Gasteiger partial charge in [0.25, 0.3) is 0 Å². The molecular formula is C24H20FNO3. The van der Waals surface area contributed by atoms with Crippen LogP contribution in [0, 0.1) is 5.82 Å². The van der Waals surface area contributed by atoms with Crippen molar-refractivity contribution in [2.24, 2.45) is 0 Å². The van der Waals surface area contributed by atoms with Crippen LogP contribution >= 0.6 is 0 Å². The predicted octanol–water partition coefficient (Wildman–Crippen LogP) is 5.59. The first-order valence-corrected chi connectivity index (χ1v) is 9.51. The van der Waals surface area contributed by atoms with Gasteiger partial charge in [0.05, 0.1) is 5.56 Å². The fourth-order valence-corrected chi connectivity index (χ4v) is 3.70. The van der Waals surface area contributed by atoms with Crippen molar-refractivity contribution < 1.29 is 19.0 Å². The average Bonchev–Trinajstić information content (AvgIpc) is 3.23. The summed E-state index contributed by atoms with van der Waals surface area (Å²) in [4.78, 5) is 15.7. The van der Waals surface area contributed by atoms with Gasteiger partial charge in [-0.1, -0.05) is 36.4 Å². The monoisotopic (exact) mass is 389 g/mol. The van der Waals surface area contributed by atoms with Crippen molar-refractivity contribution in [3.63, 3.8) is 0 Å². The van der Waals surface area contributed by atoms with Gasteiger partial charge in [-0.25, -0.2) is 14.2 Å². The molecule has 0 spiro atoms. The number of carbonyl (C=O) groups is 1. The quantitative estimate of drug-likeness (QED) is 0.597. The van der Waals surface area contributed by atoms with Crippen molar-refractivity contribution >= 4 is 17.1 Å². The Kier molecular flexibility index (Phi) is 5.38. The second-order valence-corrected chi connectivity index (χ2v) is 6.94. The lowest BCUT2D eigenvalue weighted by molar-refractivity contribution is 0.0692. The van der Waals surface area contributed by atoms with E-state index in [-0.39, 0.29) is 5.56 Å². The maximum absolute atomic E-state index is 13.8. The first-order chi connectivity index (χ1) is 14.1. The summed E-state index contributed by atoms with van der Waals surface area (Å²) >= 11 is 0. The van der Waals surface area contributed by atoms with Gasteiger partial charge in [-0.05, 0) is 65.8 Å². The fraction of sp³-hybridized carbons (Fsp3) is 0.167. The van der Waals surface area contributed by atoms with Crippen LogP contribution in [0.4, 0.5) is 4.39 Å². The molecule has 0 saturated carbocycles. The van der Waals surface area contributed by atoms with E-state index in [1.165, 1.54) is 12.1 Å². The molecule has 2 aromatic carbocycles. The summed E-state index contributed by atoms with van der Waals surface area (Å²) in [6, 6.07) is 18.0. The molecule has 0 saturated heterocycles. The highest BCUT2D eigenvalue weighted by atomic mass is 19.1. The van der Waals surface area contributed by atoms with Gasteiger partial charge in [0.2, 0.25) is 5.88 Å². The average molecular weight is 389 g/mol. The molecule has 4 rings (SSSR count). The number of halogens is 1. The molecule has 1 aliphatic carbocycles. The number of aromatic carboxylic acids is 1. The van der Waals surface area contributed by atoms with Crippen molar-refractivity contribution in [2.75, 3.05) is 0 Å². The lowest BCUT2D eigenvalue weighted by Gasteiger charge is -2.14. The Hall–Kier alpha value is -3.47. The fourth-order valence-electron chi connectivity index (χ4n) is 3.70. The highest BCUT2D eigenvalue weighted by molar-refractivity contribution is 5.96. The Morgan fingerprint density at radius 1 is 1.03 bits per heavy atom. The standard InChI is InChI=1S/C24H20FNO3/c25-22-12-11-17(14-21(22)24(27)28)18-8-4-9-19(18)20-10-5-13-26-23(20)29-15-16-6-2-1-3-7-16/h1-3,5-7,10-14H,4,8-9,15H2,(H,27,28). The van der Waals surface area contributed by atoms with Crippen LogP contribution in [0.25, 0.3) is 11.1 Å². The zero-order valence-electron chi connectivity index (χ0n) is 15.8. The summed E-state index contributed by atoms with van der Waals surface area (Å²) in [5, 5.41) is 9.25. The minimum absolute atomic E-state index is 0.312. The van der Waals surface area contributed by atoms with Gasteiger partial charge in [-0.2, -0.15) is 0 Å². The minimum Gasteiger partial charge on any atom is -0.478 e. The van der Waals surface area contributed by atoms with Gasteiger partial charge in [0.1, 0.15) is 12.4 Å². The van der Waals surface area contributed by atoms with E-state index in [4.69, 9.17) is 4.74 Å². The zero-order valence-corrected chi connectivity index (χ0v) is 15.8. The van der Waals surface area contributed by atoms with Crippen LogP contribution in [-0.2, 0) is 6.61 Å². The van der Waals surface area contributed by atoms with Crippen LogP contribution in [0.1, 0.15) is 46.3 Å². The van der Waals surface area contributed by atoms with E-state index in [9.17, 15) is 14.3 Å². The summed E-state index contributed by atoms with van der Waals surface area (Å²) in [7, 11) is 0. The molecule has 1 heterocycles. The maximum atomic E-state index is 13.8. The molecular weight excluding hydrogens is 369 g/mol. The predicted molar refractivity (Wildman–Crippen MR) is 109 cm³/mol. The Balaban J connectivity index is 1.70. The van der Waals surface area contributed by atoms with Crippen LogP contribution in [0.2, 0.25) is 0 Å². The lowest BCUT2D eigenvalue weighted by atomic mass is 9.96. The molecule has 0 aliphatic heterocycles. The number of benzene rings is 2. The van der Waals surface area contributed by atoms with E-state index in [1.807, 2.05) is 42.5 Å². The molecule has 0 atom stereocenters. The molecule has 0 unspecified atom stereocenters. The molecule has 146 valence electrons. The van der Waals surface area contributed by atoms with Gasteiger partial charge in [-0.15, -0.1) is 0 Å². The number of hydrogen-bond donors (Lipinski definition) is 1. The van der Waals surface area contributed by atoms with E-state index >= 15 is 0 Å². The summed E-state index contributed by atoms with van der Waals surface area (Å²) < 4.78 is 19.8. The SMILES string of the molecule is O=C(O)c1cc(C2=C(c3cccnc3OCc3ccccc3)CCC2)ccc1F. The van der Waals surface area contributed by atoms with Gasteiger partial charge in [0.15, 0.2) is 0 Å². The molecule has 29 heavy (non-hydrogen) atoms. The Labute approximate surface area is 168 Å². The molecule has 1 aliphatic rings. The third-order valence-electron chi connectivity index (χ3n) is 5.08. The number of pyridine rings is 1. The smallest absolute Gasteiger partial charge is 0.338 e. The number of carboxylic acids is 1. The number of ether oxygens (including phenoxy) is 1. The molecule has 0 radical (unpaired) electrons. The molecule has 1 aromatic heterocycles. The minimum atomic E-state index is -1.27. The van der Waals surface area contributed by atoms with Crippen LogP contribution in [0.15, 0.2) is 66.9 Å². The number of rotatable bonds is 6. The second-order valence-electron chi connectivity index (χ2n) is 6.94. The summed E-state index contributed by atoms with van der Waals surface area (Å²) in [5.41, 5.74) is 4.46. The third-order valence-corrected chi connectivity index (χ3v) is 5.08. The first kappa shape index (κ1) is 18.9. The number of hydrogen-bond acceptors (Lipinski definition) is 3. The van der Waals surface area contributed by atoms with E-state index in [0.29, 0.717) is 12.5 Å². The van der Waals surface area contributed by atoms with E-state index in [1.54, 1.807) is 12.3 Å². The summed E-state index contributed by atoms with van der Waals surface area (Å²) in [5.74, 6) is -1.45. The van der Waals surface area contributed by atoms with Crippen molar-refractivity contribution in [1.29, 1.82) is 0 Å². The summed E-state index contributed by atoms with van der Waals surface area (Å²) in [6.07, 6.45) is 4.27. The van der Waals surface area contributed by atoms with Gasteiger partial charge in [-0.3, -0.25) is 0 Å². The van der Waals surface area contributed by atoms with Gasteiger partial charge in [0, 0.05) is 11.8 Å². The number of nitrogens with zero attached hydrogens (tertiary/aromatic N) is 1. The number of aromatic nitrogens is 1. The van der Waals surface area contributed by atoms with Gasteiger partial charge < -0.3 is 9.84 Å². The van der Waals surface area contributed by atoms with E-state index in [2.05, 4.69) is 4.98 Å². The second kappa shape index (κ2) is 8.27. The van der Waals surface area contributed by atoms with Crippen LogP contribution in [-0.4, -0.2) is 16.1 Å². The first-order valence-electron chi connectivity index (χ1n) is 9.51. The lowest BCUT2D eigenvalue weighted by Crippen LogP contribution is -2.02. The third kappa shape index (κ3) is 4.04. The molecule has 4 nitrogen and oxygen atoms in total. The van der Waals surface area contributed by atoms with Crippen LogP contribution < -0.4 is 4.74 Å². The Morgan fingerprint density at radius 3 is 2.62 bits per heavy atom. The molecule has 1 N–H and O–H groups in total. The Morgan fingerprint density at radius 2 is 1.83 bits per heavy atom. The van der Waals surface area contributed by atoms with Crippen LogP contribution in [0.3, 0.4) is 0 Å². The Bertz CT molecular complexity index is 1080. The normalized spacial score (nSPS) is 13.6.